The standard InChI is InChI=1S/C15H16N4O4S2/c1-11-4-6-12(7-5-11)24(20,21)15-9-8-13(10-14(15)17-18-16)25(22,23)19(2)3/h4-10H,1-3H3. The third kappa shape index (κ3) is 3.67. The quantitative estimate of drug-likeness (QED) is 0.449. The summed E-state index contributed by atoms with van der Waals surface area (Å²) in [5, 5.41) is 3.37. The van der Waals surface area contributed by atoms with Crippen LogP contribution in [0.25, 0.3) is 10.4 Å². The number of azide groups is 1. The van der Waals surface area contributed by atoms with Gasteiger partial charge in [0, 0.05) is 19.0 Å². The van der Waals surface area contributed by atoms with E-state index in [1.165, 1.54) is 32.3 Å². The highest BCUT2D eigenvalue weighted by Crippen LogP contribution is 2.32. The maximum Gasteiger partial charge on any atom is 0.242 e. The van der Waals surface area contributed by atoms with Crippen molar-refractivity contribution in [1.29, 1.82) is 0 Å². The van der Waals surface area contributed by atoms with Gasteiger partial charge in [-0.25, -0.2) is 21.1 Å². The molecule has 0 aromatic heterocycles. The van der Waals surface area contributed by atoms with Crippen LogP contribution in [-0.4, -0.2) is 35.2 Å². The second-order valence-electron chi connectivity index (χ2n) is 5.42. The average Bonchev–Trinajstić information content (AvgIpc) is 2.55. The fourth-order valence-corrected chi connectivity index (χ4v) is 4.36. The first-order chi connectivity index (χ1) is 11.6. The number of nitrogens with zero attached hydrogens (tertiary/aromatic N) is 4. The zero-order valence-electron chi connectivity index (χ0n) is 13.8. The number of sulfone groups is 1. The zero-order chi connectivity index (χ0) is 18.8. The van der Waals surface area contributed by atoms with Gasteiger partial charge >= 0.3 is 0 Å². The van der Waals surface area contributed by atoms with Crippen molar-refractivity contribution in [2.24, 2.45) is 5.11 Å². The van der Waals surface area contributed by atoms with Crippen LogP contribution in [0.5, 0.6) is 0 Å². The molecule has 0 N–H and O–H groups in total. The Bertz CT molecular complexity index is 1050. The normalized spacial score (nSPS) is 12.0. The molecule has 10 heteroatoms. The van der Waals surface area contributed by atoms with E-state index >= 15 is 0 Å². The minimum atomic E-state index is -3.96. The van der Waals surface area contributed by atoms with Gasteiger partial charge in [-0.05, 0) is 42.8 Å². The molecule has 0 aliphatic carbocycles. The first-order valence-corrected chi connectivity index (χ1v) is 9.96. The number of benzene rings is 2. The average molecular weight is 380 g/mol. The molecular formula is C15H16N4O4S2. The molecule has 0 amide bonds. The molecule has 0 saturated heterocycles. The molecule has 0 atom stereocenters. The van der Waals surface area contributed by atoms with Crippen LogP contribution in [0.2, 0.25) is 0 Å². The van der Waals surface area contributed by atoms with Crippen LogP contribution < -0.4 is 0 Å². The van der Waals surface area contributed by atoms with Crippen molar-refractivity contribution >= 4 is 25.5 Å². The molecular weight excluding hydrogens is 364 g/mol. The van der Waals surface area contributed by atoms with Gasteiger partial charge < -0.3 is 0 Å². The highest BCUT2D eigenvalue weighted by molar-refractivity contribution is 7.91. The summed E-state index contributed by atoms with van der Waals surface area (Å²) in [5.41, 5.74) is 9.34. The van der Waals surface area contributed by atoms with Crippen molar-refractivity contribution < 1.29 is 16.8 Å². The summed E-state index contributed by atoms with van der Waals surface area (Å²) in [5.74, 6) is 0. The highest BCUT2D eigenvalue weighted by atomic mass is 32.2. The first-order valence-electron chi connectivity index (χ1n) is 7.04. The molecule has 2 aromatic carbocycles. The Balaban J connectivity index is 2.70. The van der Waals surface area contributed by atoms with Gasteiger partial charge in [0.25, 0.3) is 0 Å². The van der Waals surface area contributed by atoms with Crippen molar-refractivity contribution in [3.8, 4) is 0 Å². The number of sulfonamides is 1. The lowest BCUT2D eigenvalue weighted by atomic mass is 10.2. The van der Waals surface area contributed by atoms with Crippen molar-refractivity contribution in [2.45, 2.75) is 21.6 Å². The highest BCUT2D eigenvalue weighted by Gasteiger charge is 2.24. The van der Waals surface area contributed by atoms with Gasteiger partial charge in [-0.2, -0.15) is 0 Å². The summed E-state index contributed by atoms with van der Waals surface area (Å²) in [6.45, 7) is 1.82. The van der Waals surface area contributed by atoms with E-state index in [9.17, 15) is 16.8 Å². The van der Waals surface area contributed by atoms with Crippen LogP contribution in [0.4, 0.5) is 5.69 Å². The van der Waals surface area contributed by atoms with Crippen LogP contribution in [0.1, 0.15) is 5.56 Å². The fourth-order valence-electron chi connectivity index (χ4n) is 2.07. The summed E-state index contributed by atoms with van der Waals surface area (Å²) in [7, 11) is -5.07. The van der Waals surface area contributed by atoms with E-state index in [0.717, 1.165) is 22.0 Å². The van der Waals surface area contributed by atoms with E-state index in [4.69, 9.17) is 5.53 Å². The summed E-state index contributed by atoms with van der Waals surface area (Å²) in [6.07, 6.45) is 0. The molecule has 0 saturated carbocycles. The van der Waals surface area contributed by atoms with Crippen molar-refractivity contribution in [2.75, 3.05) is 14.1 Å². The molecule has 25 heavy (non-hydrogen) atoms. The molecule has 0 fully saturated rings. The van der Waals surface area contributed by atoms with E-state index in [1.54, 1.807) is 12.1 Å². The minimum absolute atomic E-state index is 0.0238. The number of hydrogen-bond acceptors (Lipinski definition) is 5. The Labute approximate surface area is 146 Å². The van der Waals surface area contributed by atoms with Gasteiger partial charge in [-0.1, -0.05) is 22.8 Å². The predicted molar refractivity (Wildman–Crippen MR) is 92.8 cm³/mol. The van der Waals surface area contributed by atoms with Crippen LogP contribution in [0.3, 0.4) is 0 Å². The lowest BCUT2D eigenvalue weighted by molar-refractivity contribution is 0.520. The third-order valence-corrected chi connectivity index (χ3v) is 7.11. The molecule has 0 spiro atoms. The first kappa shape index (κ1) is 18.9. The lowest BCUT2D eigenvalue weighted by Gasteiger charge is -2.13. The lowest BCUT2D eigenvalue weighted by Crippen LogP contribution is -2.22. The zero-order valence-corrected chi connectivity index (χ0v) is 15.4. The largest absolute Gasteiger partial charge is 0.242 e. The van der Waals surface area contributed by atoms with Gasteiger partial charge in [-0.3, -0.25) is 0 Å². The van der Waals surface area contributed by atoms with Crippen LogP contribution >= 0.6 is 0 Å². The molecule has 2 rings (SSSR count). The van der Waals surface area contributed by atoms with Gasteiger partial charge in [0.15, 0.2) is 0 Å². The van der Waals surface area contributed by atoms with Crippen molar-refractivity contribution in [3.63, 3.8) is 0 Å². The molecule has 0 aliphatic rings. The summed E-state index contributed by atoms with van der Waals surface area (Å²) in [4.78, 5) is 2.21. The molecule has 132 valence electrons. The maximum atomic E-state index is 12.8. The SMILES string of the molecule is Cc1ccc(S(=O)(=O)c2ccc(S(=O)(=O)N(C)C)cc2N=[N+]=[N-])cc1. The van der Waals surface area contributed by atoms with Gasteiger partial charge in [0.2, 0.25) is 19.9 Å². The minimum Gasteiger partial charge on any atom is -0.219 e. The van der Waals surface area contributed by atoms with E-state index < -0.39 is 19.9 Å². The van der Waals surface area contributed by atoms with Crippen molar-refractivity contribution in [1.82, 2.24) is 4.31 Å². The predicted octanol–water partition coefficient (Wildman–Crippen LogP) is 3.02. The monoisotopic (exact) mass is 380 g/mol. The fraction of sp³-hybridized carbons (Fsp3) is 0.200. The van der Waals surface area contributed by atoms with Crippen LogP contribution in [-0.2, 0) is 19.9 Å². The van der Waals surface area contributed by atoms with E-state index in [2.05, 4.69) is 10.0 Å². The molecule has 0 aliphatic heterocycles. The molecule has 0 bridgehead atoms. The van der Waals surface area contributed by atoms with Gasteiger partial charge in [0.1, 0.15) is 0 Å². The van der Waals surface area contributed by atoms with Crippen LogP contribution in [0.15, 0.2) is 62.3 Å². The Morgan fingerprint density at radius 2 is 1.52 bits per heavy atom. The number of rotatable bonds is 5. The van der Waals surface area contributed by atoms with Gasteiger partial charge in [0.05, 0.1) is 20.4 Å². The third-order valence-electron chi connectivity index (χ3n) is 3.48. The summed E-state index contributed by atoms with van der Waals surface area (Å²) in [6, 6.07) is 9.53. The molecule has 2 aromatic rings. The second-order valence-corrected chi connectivity index (χ2v) is 9.49. The molecule has 8 nitrogen and oxygen atoms in total. The van der Waals surface area contributed by atoms with E-state index in [0.29, 0.717) is 0 Å². The maximum absolute atomic E-state index is 12.8. The van der Waals surface area contributed by atoms with E-state index in [-0.39, 0.29) is 20.4 Å². The van der Waals surface area contributed by atoms with E-state index in [1.807, 2.05) is 6.92 Å². The van der Waals surface area contributed by atoms with Gasteiger partial charge in [-0.15, -0.1) is 0 Å². The molecule has 0 radical (unpaired) electrons. The Kier molecular flexibility index (Phi) is 5.19. The number of aryl methyl sites for hydroxylation is 1. The number of hydrogen-bond donors (Lipinski definition) is 0. The Morgan fingerprint density at radius 3 is 2.04 bits per heavy atom. The smallest absolute Gasteiger partial charge is 0.219 e. The molecule has 0 unspecified atom stereocenters. The summed E-state index contributed by atoms with van der Waals surface area (Å²) >= 11 is 0. The Hall–Kier alpha value is -2.39. The van der Waals surface area contributed by atoms with Crippen molar-refractivity contribution in [3.05, 3.63) is 58.5 Å². The summed E-state index contributed by atoms with van der Waals surface area (Å²) < 4.78 is 51.0. The molecule has 0 heterocycles. The Morgan fingerprint density at radius 1 is 0.960 bits per heavy atom. The topological polar surface area (TPSA) is 120 Å². The van der Waals surface area contributed by atoms with Crippen LogP contribution in [0, 0.1) is 6.92 Å². The second kappa shape index (κ2) is 6.85.